The first-order valence-corrected chi connectivity index (χ1v) is 7.63. The van der Waals surface area contributed by atoms with Crippen molar-refractivity contribution >= 4 is 38.3 Å². The smallest absolute Gasteiger partial charge is 0.184 e. The van der Waals surface area contributed by atoms with Crippen molar-refractivity contribution in [2.24, 2.45) is 5.92 Å². The molecule has 0 aliphatic heterocycles. The van der Waals surface area contributed by atoms with Crippen LogP contribution in [0.3, 0.4) is 0 Å². The fourth-order valence-electron chi connectivity index (χ4n) is 1.95. The van der Waals surface area contributed by atoms with Gasteiger partial charge in [0.2, 0.25) is 0 Å². The van der Waals surface area contributed by atoms with Gasteiger partial charge in [-0.25, -0.2) is 4.98 Å². The number of thiazole rings is 1. The summed E-state index contributed by atoms with van der Waals surface area (Å²) < 4.78 is 1.05. The van der Waals surface area contributed by atoms with Crippen LogP contribution < -0.4 is 5.32 Å². The average Bonchev–Trinajstić information content (AvgIpc) is 2.71. The molecule has 5 heteroatoms. The first-order valence-electron chi connectivity index (χ1n) is 6.43. The van der Waals surface area contributed by atoms with Gasteiger partial charge in [-0.1, -0.05) is 42.9 Å². The Morgan fingerprint density at radius 3 is 2.68 bits per heavy atom. The van der Waals surface area contributed by atoms with Gasteiger partial charge >= 0.3 is 0 Å². The molecule has 0 spiro atoms. The van der Waals surface area contributed by atoms with Crippen LogP contribution in [-0.4, -0.2) is 36.6 Å². The minimum atomic E-state index is 0.384. The van der Waals surface area contributed by atoms with Gasteiger partial charge in [0.05, 0.1) is 15.2 Å². The Labute approximate surface area is 123 Å². The monoisotopic (exact) mass is 297 g/mol. The molecule has 1 N–H and O–H groups in total. The molecule has 1 aromatic carbocycles. The molecule has 0 amide bonds. The summed E-state index contributed by atoms with van der Waals surface area (Å²) in [7, 11) is 4.18. The minimum absolute atomic E-state index is 0.384. The third-order valence-electron chi connectivity index (χ3n) is 3.04. The van der Waals surface area contributed by atoms with Gasteiger partial charge < -0.3 is 10.2 Å². The van der Waals surface area contributed by atoms with Gasteiger partial charge in [0, 0.05) is 12.6 Å². The van der Waals surface area contributed by atoms with Gasteiger partial charge in [0.25, 0.3) is 0 Å². The number of hydrogen-bond acceptors (Lipinski definition) is 4. The van der Waals surface area contributed by atoms with Crippen LogP contribution in [0.5, 0.6) is 0 Å². The standard InChI is InChI=1S/C14H20ClN3S/c1-9(2)12(8-18(3)4)17-14-16-11-7-5-6-10(15)13(11)19-14/h5-7,9,12H,8H2,1-4H3,(H,16,17). The number of fused-ring (bicyclic) bond motifs is 1. The van der Waals surface area contributed by atoms with Crippen molar-refractivity contribution in [1.82, 2.24) is 9.88 Å². The van der Waals surface area contributed by atoms with E-state index in [9.17, 15) is 0 Å². The Bertz CT molecular complexity index is 551. The molecular formula is C14H20ClN3S. The quantitative estimate of drug-likeness (QED) is 0.906. The molecule has 1 heterocycles. The Morgan fingerprint density at radius 2 is 2.11 bits per heavy atom. The lowest BCUT2D eigenvalue weighted by Crippen LogP contribution is -2.36. The highest BCUT2D eigenvalue weighted by molar-refractivity contribution is 7.22. The lowest BCUT2D eigenvalue weighted by atomic mass is 10.0. The van der Waals surface area contributed by atoms with E-state index in [0.717, 1.165) is 26.9 Å². The highest BCUT2D eigenvalue weighted by Crippen LogP contribution is 2.32. The van der Waals surface area contributed by atoms with Crippen LogP contribution in [0.2, 0.25) is 5.02 Å². The second kappa shape index (κ2) is 6.07. The normalized spacial score (nSPS) is 13.4. The second-order valence-corrected chi connectivity index (χ2v) is 6.77. The fourth-order valence-corrected chi connectivity index (χ4v) is 3.17. The summed E-state index contributed by atoms with van der Waals surface area (Å²) in [5.41, 5.74) is 0.965. The summed E-state index contributed by atoms with van der Waals surface area (Å²) in [4.78, 5) is 6.80. The molecule has 2 aromatic rings. The SMILES string of the molecule is CC(C)C(CN(C)C)Nc1nc2cccc(Cl)c2s1. The largest absolute Gasteiger partial charge is 0.357 e. The Morgan fingerprint density at radius 1 is 1.37 bits per heavy atom. The van der Waals surface area contributed by atoms with Crippen LogP contribution in [0.15, 0.2) is 18.2 Å². The Kier molecular flexibility index (Phi) is 4.66. The van der Waals surface area contributed by atoms with Gasteiger partial charge in [-0.15, -0.1) is 0 Å². The molecule has 1 aromatic heterocycles. The van der Waals surface area contributed by atoms with Crippen LogP contribution in [0, 0.1) is 5.92 Å². The van der Waals surface area contributed by atoms with Crippen LogP contribution in [-0.2, 0) is 0 Å². The fraction of sp³-hybridized carbons (Fsp3) is 0.500. The zero-order chi connectivity index (χ0) is 14.0. The number of aromatic nitrogens is 1. The Balaban J connectivity index is 2.21. The summed E-state index contributed by atoms with van der Waals surface area (Å²) in [6, 6.07) is 6.23. The van der Waals surface area contributed by atoms with E-state index >= 15 is 0 Å². The maximum atomic E-state index is 6.19. The molecule has 0 aliphatic rings. The van der Waals surface area contributed by atoms with E-state index in [1.807, 2.05) is 18.2 Å². The van der Waals surface area contributed by atoms with E-state index < -0.39 is 0 Å². The zero-order valence-corrected chi connectivity index (χ0v) is 13.3. The molecule has 0 aliphatic carbocycles. The lowest BCUT2D eigenvalue weighted by Gasteiger charge is -2.25. The summed E-state index contributed by atoms with van der Waals surface area (Å²) in [6.07, 6.45) is 0. The molecule has 0 saturated carbocycles. The number of halogens is 1. The number of anilines is 1. The average molecular weight is 298 g/mol. The third-order valence-corrected chi connectivity index (χ3v) is 4.51. The van der Waals surface area contributed by atoms with Crippen molar-refractivity contribution in [3.05, 3.63) is 23.2 Å². The van der Waals surface area contributed by atoms with Gasteiger partial charge in [-0.05, 0) is 32.1 Å². The highest BCUT2D eigenvalue weighted by atomic mass is 35.5. The molecule has 1 unspecified atom stereocenters. The van der Waals surface area contributed by atoms with Crippen molar-refractivity contribution in [3.63, 3.8) is 0 Å². The maximum Gasteiger partial charge on any atom is 0.184 e. The molecular weight excluding hydrogens is 278 g/mol. The number of benzene rings is 1. The molecule has 0 bridgehead atoms. The number of hydrogen-bond donors (Lipinski definition) is 1. The van der Waals surface area contributed by atoms with E-state index in [1.54, 1.807) is 11.3 Å². The summed E-state index contributed by atoms with van der Waals surface area (Å²) >= 11 is 7.81. The molecule has 1 atom stereocenters. The van der Waals surface area contributed by atoms with E-state index in [2.05, 4.69) is 43.1 Å². The van der Waals surface area contributed by atoms with E-state index in [1.165, 1.54) is 0 Å². The van der Waals surface area contributed by atoms with Gasteiger partial charge in [0.15, 0.2) is 5.13 Å². The summed E-state index contributed by atoms with van der Waals surface area (Å²) in [5.74, 6) is 0.546. The molecule has 2 rings (SSSR count). The number of likely N-dealkylation sites (N-methyl/N-ethyl adjacent to an activating group) is 1. The van der Waals surface area contributed by atoms with Gasteiger partial charge in [0.1, 0.15) is 0 Å². The Hall–Kier alpha value is -0.840. The van der Waals surface area contributed by atoms with E-state index in [-0.39, 0.29) is 0 Å². The summed E-state index contributed by atoms with van der Waals surface area (Å²) in [5, 5.41) is 5.26. The second-order valence-electron chi connectivity index (χ2n) is 5.36. The number of nitrogens with one attached hydrogen (secondary N) is 1. The minimum Gasteiger partial charge on any atom is -0.357 e. The number of rotatable bonds is 5. The summed E-state index contributed by atoms with van der Waals surface area (Å²) in [6.45, 7) is 5.43. The van der Waals surface area contributed by atoms with Crippen molar-refractivity contribution in [3.8, 4) is 0 Å². The molecule has 3 nitrogen and oxygen atoms in total. The van der Waals surface area contributed by atoms with E-state index in [4.69, 9.17) is 11.6 Å². The van der Waals surface area contributed by atoms with Gasteiger partial charge in [-0.2, -0.15) is 0 Å². The van der Waals surface area contributed by atoms with Crippen molar-refractivity contribution in [2.75, 3.05) is 26.0 Å². The predicted octanol–water partition coefficient (Wildman–Crippen LogP) is 3.95. The molecule has 0 fully saturated rings. The molecule has 0 radical (unpaired) electrons. The number of nitrogens with zero attached hydrogens (tertiary/aromatic N) is 2. The van der Waals surface area contributed by atoms with Crippen LogP contribution in [0.25, 0.3) is 10.2 Å². The topological polar surface area (TPSA) is 28.2 Å². The van der Waals surface area contributed by atoms with Crippen LogP contribution in [0.1, 0.15) is 13.8 Å². The first-order chi connectivity index (χ1) is 8.97. The lowest BCUT2D eigenvalue weighted by molar-refractivity contribution is 0.344. The van der Waals surface area contributed by atoms with Crippen molar-refractivity contribution in [2.45, 2.75) is 19.9 Å². The van der Waals surface area contributed by atoms with Crippen LogP contribution in [0.4, 0.5) is 5.13 Å². The van der Waals surface area contributed by atoms with E-state index in [0.29, 0.717) is 12.0 Å². The zero-order valence-electron chi connectivity index (χ0n) is 11.8. The third kappa shape index (κ3) is 3.59. The van der Waals surface area contributed by atoms with Crippen molar-refractivity contribution in [1.29, 1.82) is 0 Å². The van der Waals surface area contributed by atoms with Crippen molar-refractivity contribution < 1.29 is 0 Å². The first kappa shape index (κ1) is 14.6. The molecule has 0 saturated heterocycles. The molecule has 104 valence electrons. The van der Waals surface area contributed by atoms with Gasteiger partial charge in [-0.3, -0.25) is 0 Å². The highest BCUT2D eigenvalue weighted by Gasteiger charge is 2.16. The van der Waals surface area contributed by atoms with Crippen LogP contribution >= 0.6 is 22.9 Å². The molecule has 19 heavy (non-hydrogen) atoms. The maximum absolute atomic E-state index is 6.19. The predicted molar refractivity (Wildman–Crippen MR) is 85.4 cm³/mol.